The summed E-state index contributed by atoms with van der Waals surface area (Å²) in [6, 6.07) is 23.5. The number of allylic oxidation sites excluding steroid dienone is 2. The maximum atomic E-state index is 15.0. The van der Waals surface area contributed by atoms with Gasteiger partial charge >= 0.3 is 11.4 Å². The Balaban J connectivity index is 1.46. The van der Waals surface area contributed by atoms with Crippen molar-refractivity contribution in [2.24, 2.45) is 13.0 Å². The molecule has 1 aliphatic carbocycles. The lowest BCUT2D eigenvalue weighted by Gasteiger charge is -2.49. The number of hydrogen-bond acceptors (Lipinski definition) is 7. The average Bonchev–Trinajstić information content (AvgIpc) is 3.42. The zero-order valence-corrected chi connectivity index (χ0v) is 24.9. The van der Waals surface area contributed by atoms with E-state index in [0.717, 1.165) is 26.3 Å². The van der Waals surface area contributed by atoms with Gasteiger partial charge in [-0.2, -0.15) is 5.01 Å². The molecule has 2 N–H and O–H groups in total. The molecule has 4 unspecified atom stereocenters. The van der Waals surface area contributed by atoms with Gasteiger partial charge in [0, 0.05) is 13.0 Å². The largest absolute Gasteiger partial charge is 0.491 e. The summed E-state index contributed by atoms with van der Waals surface area (Å²) in [6.07, 6.45) is 2.08. The Hall–Kier alpha value is -5.16. The number of aliphatic hydroxyl groups excluding tert-OH is 1. The molecule has 4 aromatic rings. The molecule has 0 bridgehead atoms. The standard InChI is InChI=1S/C34H33N5O6/c1-21-8-12-24(13-9-21)35-38-30(41)27-20-28-26(16-17-37-32(43)36(2)33(44)39(28)37)29(22-10-14-25(15-11-22)45-19-18-40)34(27,31(38)42)23-6-4-3-5-7-23/h3-16,27-29,35,40H,17-20H2,1-2H3. The SMILES string of the molecule is Cc1ccc(NN2C(=O)C3CC4C(=CCn5c(=O)n(C)c(=O)n54)C(c4ccc(OCCO)cc4)C3(c3ccccc3)C2=O)cc1. The third-order valence-electron chi connectivity index (χ3n) is 9.42. The van der Waals surface area contributed by atoms with Crippen LogP contribution in [-0.4, -0.2) is 49.1 Å². The van der Waals surface area contributed by atoms with Crippen molar-refractivity contribution in [2.75, 3.05) is 18.6 Å². The minimum Gasteiger partial charge on any atom is -0.491 e. The van der Waals surface area contributed by atoms with Crippen LogP contribution < -0.4 is 21.5 Å². The Morgan fingerprint density at radius 1 is 0.933 bits per heavy atom. The lowest BCUT2D eigenvalue weighted by Crippen LogP contribution is -2.53. The van der Waals surface area contributed by atoms with Gasteiger partial charge in [0.2, 0.25) is 0 Å². The molecule has 0 spiro atoms. The number of hydrazine groups is 1. The zero-order chi connectivity index (χ0) is 31.5. The third kappa shape index (κ3) is 4.21. The molecule has 11 nitrogen and oxygen atoms in total. The van der Waals surface area contributed by atoms with Gasteiger partial charge in [-0.25, -0.2) is 23.5 Å². The van der Waals surface area contributed by atoms with Crippen LogP contribution in [0.3, 0.4) is 0 Å². The predicted octanol–water partition coefficient (Wildman–Crippen LogP) is 2.65. The summed E-state index contributed by atoms with van der Waals surface area (Å²) >= 11 is 0. The molecule has 1 saturated carbocycles. The van der Waals surface area contributed by atoms with Gasteiger partial charge in [0.05, 0.1) is 36.2 Å². The Bertz CT molecular complexity index is 1940. The van der Waals surface area contributed by atoms with Gasteiger partial charge in [-0.1, -0.05) is 66.2 Å². The van der Waals surface area contributed by atoms with E-state index in [2.05, 4.69) is 5.43 Å². The van der Waals surface area contributed by atoms with E-state index < -0.39 is 46.5 Å². The number of hydrogen-bond donors (Lipinski definition) is 2. The molecule has 230 valence electrons. The molecule has 4 atom stereocenters. The van der Waals surface area contributed by atoms with Crippen molar-refractivity contribution < 1.29 is 19.4 Å². The quantitative estimate of drug-likeness (QED) is 0.244. The molecule has 1 saturated heterocycles. The number of imide groups is 1. The van der Waals surface area contributed by atoms with E-state index in [9.17, 15) is 19.5 Å². The normalized spacial score (nSPS) is 23.7. The minimum absolute atomic E-state index is 0.132. The number of fused-ring (bicyclic) bond motifs is 4. The molecule has 45 heavy (non-hydrogen) atoms. The smallest absolute Gasteiger partial charge is 0.347 e. The van der Waals surface area contributed by atoms with Crippen molar-refractivity contribution in [3.8, 4) is 5.75 Å². The van der Waals surface area contributed by atoms with Gasteiger partial charge in [-0.3, -0.25) is 15.0 Å². The summed E-state index contributed by atoms with van der Waals surface area (Å²) < 4.78 is 9.54. The van der Waals surface area contributed by atoms with E-state index in [1.54, 1.807) is 12.1 Å². The van der Waals surface area contributed by atoms with Crippen molar-refractivity contribution >= 4 is 17.5 Å². The second kappa shape index (κ2) is 10.8. The van der Waals surface area contributed by atoms with Gasteiger partial charge < -0.3 is 9.84 Å². The number of carbonyl (C=O) groups excluding carboxylic acids is 2. The number of anilines is 1. The maximum Gasteiger partial charge on any atom is 0.347 e. The highest BCUT2D eigenvalue weighted by Crippen LogP contribution is 2.61. The average molecular weight is 608 g/mol. The number of nitrogens with zero attached hydrogens (tertiary/aromatic N) is 4. The molecule has 1 aromatic heterocycles. The molecule has 0 radical (unpaired) electrons. The number of amides is 2. The van der Waals surface area contributed by atoms with Gasteiger partial charge in [-0.05, 0) is 54.3 Å². The van der Waals surface area contributed by atoms with Crippen LogP contribution in [0.15, 0.2) is 100 Å². The van der Waals surface area contributed by atoms with Gasteiger partial charge in [-0.15, -0.1) is 0 Å². The lowest BCUT2D eigenvalue weighted by molar-refractivity contribution is -0.138. The molecule has 3 aliphatic rings. The molecule has 7 rings (SSSR count). The van der Waals surface area contributed by atoms with Crippen LogP contribution in [0.25, 0.3) is 0 Å². The van der Waals surface area contributed by atoms with E-state index in [1.165, 1.54) is 16.4 Å². The van der Waals surface area contributed by atoms with Gasteiger partial charge in [0.25, 0.3) is 11.8 Å². The van der Waals surface area contributed by atoms with Crippen LogP contribution in [0.2, 0.25) is 0 Å². The fourth-order valence-electron chi connectivity index (χ4n) is 7.41. The number of aliphatic hydroxyl groups is 1. The highest BCUT2D eigenvalue weighted by atomic mass is 16.5. The second-order valence-electron chi connectivity index (χ2n) is 11.8. The number of carbonyl (C=O) groups is 2. The van der Waals surface area contributed by atoms with Crippen molar-refractivity contribution in [3.05, 3.63) is 128 Å². The first-order valence-electron chi connectivity index (χ1n) is 15.0. The highest BCUT2D eigenvalue weighted by Gasteiger charge is 2.68. The first-order chi connectivity index (χ1) is 21.8. The third-order valence-corrected chi connectivity index (χ3v) is 9.42. The summed E-state index contributed by atoms with van der Waals surface area (Å²) in [7, 11) is 1.44. The van der Waals surface area contributed by atoms with E-state index in [4.69, 9.17) is 4.74 Å². The second-order valence-corrected chi connectivity index (χ2v) is 11.8. The molecule has 2 amide bonds. The monoisotopic (exact) mass is 607 g/mol. The minimum atomic E-state index is -1.35. The summed E-state index contributed by atoms with van der Waals surface area (Å²) in [4.78, 5) is 56.0. The van der Waals surface area contributed by atoms with Crippen LogP contribution in [0.4, 0.5) is 5.69 Å². The molecule has 11 heteroatoms. The predicted molar refractivity (Wildman–Crippen MR) is 166 cm³/mol. The fourth-order valence-corrected chi connectivity index (χ4v) is 7.41. The van der Waals surface area contributed by atoms with Crippen LogP contribution in [0.1, 0.15) is 35.1 Å². The van der Waals surface area contributed by atoms with Crippen LogP contribution >= 0.6 is 0 Å². The number of benzene rings is 3. The van der Waals surface area contributed by atoms with E-state index in [0.29, 0.717) is 17.0 Å². The topological polar surface area (TPSA) is 128 Å². The molecule has 3 heterocycles. The maximum absolute atomic E-state index is 15.0. The van der Waals surface area contributed by atoms with Crippen LogP contribution in [-0.2, 0) is 28.6 Å². The van der Waals surface area contributed by atoms with Crippen LogP contribution in [0, 0.1) is 12.8 Å². The number of rotatable bonds is 7. The number of ether oxygens (including phenoxy) is 1. The molecular formula is C34H33N5O6. The van der Waals surface area contributed by atoms with E-state index in [1.807, 2.05) is 79.7 Å². The first kappa shape index (κ1) is 28.6. The van der Waals surface area contributed by atoms with Crippen molar-refractivity contribution in [1.82, 2.24) is 18.9 Å². The summed E-state index contributed by atoms with van der Waals surface area (Å²) in [5, 5.41) is 10.4. The summed E-state index contributed by atoms with van der Waals surface area (Å²) in [5.41, 5.74) is 4.70. The number of nitrogens with one attached hydrogen (secondary N) is 1. The summed E-state index contributed by atoms with van der Waals surface area (Å²) in [6.45, 7) is 2.11. The molecule has 3 aromatic carbocycles. The Morgan fingerprint density at radius 3 is 2.33 bits per heavy atom. The van der Waals surface area contributed by atoms with Crippen molar-refractivity contribution in [3.63, 3.8) is 0 Å². The van der Waals surface area contributed by atoms with Crippen LogP contribution in [0.5, 0.6) is 5.75 Å². The fraction of sp³-hybridized carbons (Fsp3) is 0.294. The van der Waals surface area contributed by atoms with Gasteiger partial charge in [0.15, 0.2) is 0 Å². The van der Waals surface area contributed by atoms with Crippen molar-refractivity contribution in [2.45, 2.75) is 37.3 Å². The highest BCUT2D eigenvalue weighted by molar-refractivity contribution is 6.12. The Labute approximate surface area is 258 Å². The van der Waals surface area contributed by atoms with Crippen molar-refractivity contribution in [1.29, 1.82) is 0 Å². The van der Waals surface area contributed by atoms with E-state index >= 15 is 4.79 Å². The first-order valence-corrected chi connectivity index (χ1v) is 15.0. The number of aromatic nitrogens is 3. The van der Waals surface area contributed by atoms with Gasteiger partial charge in [0.1, 0.15) is 12.4 Å². The zero-order valence-electron chi connectivity index (χ0n) is 24.9. The number of aryl methyl sites for hydroxylation is 1. The van der Waals surface area contributed by atoms with E-state index in [-0.39, 0.29) is 26.2 Å². The Kier molecular flexibility index (Phi) is 6.85. The summed E-state index contributed by atoms with van der Waals surface area (Å²) in [5.74, 6) is -1.77. The molecule has 2 fully saturated rings. The molecular weight excluding hydrogens is 574 g/mol. The molecule has 2 aliphatic heterocycles. The Morgan fingerprint density at radius 2 is 1.64 bits per heavy atom. The lowest BCUT2D eigenvalue weighted by atomic mass is 9.53.